The molecule has 2 amide bonds. The van der Waals surface area contributed by atoms with Crippen molar-refractivity contribution in [1.82, 2.24) is 4.90 Å². The van der Waals surface area contributed by atoms with Crippen LogP contribution in [0.25, 0.3) is 6.08 Å². The predicted molar refractivity (Wildman–Crippen MR) is 101 cm³/mol. The van der Waals surface area contributed by atoms with Crippen LogP contribution < -0.4 is 14.4 Å². The summed E-state index contributed by atoms with van der Waals surface area (Å²) in [6, 6.07) is 14.1. The third kappa shape index (κ3) is 2.00. The molecular formula is C22H15N3O4. The van der Waals surface area contributed by atoms with E-state index in [1.165, 1.54) is 4.90 Å². The molecule has 0 aliphatic carbocycles. The summed E-state index contributed by atoms with van der Waals surface area (Å²) in [5, 5.41) is 9.84. The van der Waals surface area contributed by atoms with Crippen molar-refractivity contribution in [1.29, 1.82) is 5.26 Å². The Morgan fingerprint density at radius 3 is 2.66 bits per heavy atom. The van der Waals surface area contributed by atoms with Gasteiger partial charge in [-0.05, 0) is 29.3 Å². The molecule has 7 heteroatoms. The van der Waals surface area contributed by atoms with E-state index in [2.05, 4.69) is 6.07 Å². The molecule has 4 atom stereocenters. The molecule has 29 heavy (non-hydrogen) atoms. The van der Waals surface area contributed by atoms with E-state index in [1.54, 1.807) is 18.2 Å². The number of imide groups is 1. The standard InChI is InChI=1S/C22H15N3O4/c23-10-15-18-19(20-14-4-2-1-3-12(14)7-8-24(15)20)22(27)25(21(18)26)13-5-6-16-17(9-13)29-11-28-16/h1-9,15,18-20H,11H2. The molecule has 0 saturated carbocycles. The summed E-state index contributed by atoms with van der Waals surface area (Å²) in [6.07, 6.45) is 3.77. The molecule has 2 saturated heterocycles. The van der Waals surface area contributed by atoms with Crippen LogP contribution in [0.4, 0.5) is 5.69 Å². The molecule has 2 fully saturated rings. The largest absolute Gasteiger partial charge is 0.454 e. The second kappa shape index (κ2) is 5.61. The van der Waals surface area contributed by atoms with Gasteiger partial charge < -0.3 is 14.4 Å². The number of hydrogen-bond donors (Lipinski definition) is 0. The number of anilines is 1. The summed E-state index contributed by atoms with van der Waals surface area (Å²) in [5.74, 6) is -0.852. The second-order valence-corrected chi connectivity index (χ2v) is 7.51. The Bertz CT molecular complexity index is 1150. The lowest BCUT2D eigenvalue weighted by Crippen LogP contribution is -2.40. The summed E-state index contributed by atoms with van der Waals surface area (Å²) in [6.45, 7) is 0.114. The fourth-order valence-corrected chi connectivity index (χ4v) is 4.98. The Morgan fingerprint density at radius 2 is 1.79 bits per heavy atom. The van der Waals surface area contributed by atoms with Crippen molar-refractivity contribution < 1.29 is 19.1 Å². The number of carbonyl (C=O) groups is 2. The summed E-state index contributed by atoms with van der Waals surface area (Å²) in [4.78, 5) is 29.9. The van der Waals surface area contributed by atoms with Crippen LogP contribution in [0.15, 0.2) is 48.7 Å². The predicted octanol–water partition coefficient (Wildman–Crippen LogP) is 2.45. The molecule has 4 unspecified atom stereocenters. The number of hydrogen-bond acceptors (Lipinski definition) is 6. The fraction of sp³-hybridized carbons (Fsp3) is 0.227. The van der Waals surface area contributed by atoms with Crippen LogP contribution in [-0.4, -0.2) is 29.5 Å². The van der Waals surface area contributed by atoms with E-state index in [1.807, 2.05) is 41.4 Å². The smallest absolute Gasteiger partial charge is 0.240 e. The maximum absolute atomic E-state index is 13.5. The summed E-state index contributed by atoms with van der Waals surface area (Å²) < 4.78 is 10.7. The second-order valence-electron chi connectivity index (χ2n) is 7.51. The Kier molecular flexibility index (Phi) is 3.13. The van der Waals surface area contributed by atoms with Crippen LogP contribution >= 0.6 is 0 Å². The van der Waals surface area contributed by atoms with Crippen LogP contribution in [0.2, 0.25) is 0 Å². The van der Waals surface area contributed by atoms with Gasteiger partial charge >= 0.3 is 0 Å². The van der Waals surface area contributed by atoms with Gasteiger partial charge in [-0.2, -0.15) is 5.26 Å². The van der Waals surface area contributed by atoms with Crippen molar-refractivity contribution in [3.05, 3.63) is 59.8 Å². The van der Waals surface area contributed by atoms with E-state index in [0.29, 0.717) is 17.2 Å². The number of rotatable bonds is 1. The van der Waals surface area contributed by atoms with Gasteiger partial charge in [0.25, 0.3) is 0 Å². The number of ether oxygens (including phenoxy) is 2. The van der Waals surface area contributed by atoms with Crippen molar-refractivity contribution in [2.45, 2.75) is 12.1 Å². The number of benzene rings is 2. The zero-order valence-corrected chi connectivity index (χ0v) is 15.2. The first-order valence-electron chi connectivity index (χ1n) is 9.40. The highest BCUT2D eigenvalue weighted by atomic mass is 16.7. The Hall–Kier alpha value is -3.79. The monoisotopic (exact) mass is 385 g/mol. The first-order valence-corrected chi connectivity index (χ1v) is 9.40. The lowest BCUT2D eigenvalue weighted by molar-refractivity contribution is -0.123. The average molecular weight is 385 g/mol. The molecule has 4 aliphatic rings. The van der Waals surface area contributed by atoms with Crippen LogP contribution in [0.5, 0.6) is 11.5 Å². The van der Waals surface area contributed by atoms with Crippen LogP contribution in [0.1, 0.15) is 17.2 Å². The molecule has 6 rings (SSSR count). The Labute approximate surface area is 166 Å². The molecule has 0 N–H and O–H groups in total. The Balaban J connectivity index is 1.46. The number of amides is 2. The zero-order valence-electron chi connectivity index (χ0n) is 15.2. The van der Waals surface area contributed by atoms with E-state index in [-0.39, 0.29) is 24.6 Å². The van der Waals surface area contributed by atoms with E-state index in [9.17, 15) is 14.9 Å². The van der Waals surface area contributed by atoms with Gasteiger partial charge in [-0.3, -0.25) is 9.59 Å². The van der Waals surface area contributed by atoms with Crippen LogP contribution in [0, 0.1) is 23.2 Å². The van der Waals surface area contributed by atoms with Gasteiger partial charge in [0.15, 0.2) is 11.5 Å². The summed E-state index contributed by atoms with van der Waals surface area (Å²) in [7, 11) is 0. The maximum atomic E-state index is 13.5. The van der Waals surface area contributed by atoms with Crippen molar-refractivity contribution >= 4 is 23.6 Å². The molecule has 7 nitrogen and oxygen atoms in total. The first-order chi connectivity index (χ1) is 14.2. The molecule has 0 spiro atoms. The average Bonchev–Trinajstić information content (AvgIpc) is 3.41. The minimum absolute atomic E-state index is 0.114. The summed E-state index contributed by atoms with van der Waals surface area (Å²) in [5.41, 5.74) is 2.42. The van der Waals surface area contributed by atoms with Gasteiger partial charge in [0.1, 0.15) is 6.04 Å². The zero-order chi connectivity index (χ0) is 19.7. The third-order valence-corrected chi connectivity index (χ3v) is 6.21. The molecule has 0 bridgehead atoms. The van der Waals surface area contributed by atoms with E-state index in [4.69, 9.17) is 9.47 Å². The van der Waals surface area contributed by atoms with E-state index < -0.39 is 17.9 Å². The van der Waals surface area contributed by atoms with Crippen molar-refractivity contribution in [2.24, 2.45) is 11.8 Å². The fourth-order valence-electron chi connectivity index (χ4n) is 4.98. The quantitative estimate of drug-likeness (QED) is 0.702. The Morgan fingerprint density at radius 1 is 1.00 bits per heavy atom. The molecule has 0 radical (unpaired) electrons. The number of carbonyl (C=O) groups excluding carboxylic acids is 2. The molecule has 4 aliphatic heterocycles. The molecule has 2 aromatic carbocycles. The van der Waals surface area contributed by atoms with Gasteiger partial charge in [-0.15, -0.1) is 0 Å². The van der Waals surface area contributed by atoms with Gasteiger partial charge in [0, 0.05) is 12.3 Å². The highest BCUT2D eigenvalue weighted by Crippen LogP contribution is 2.53. The molecule has 0 aromatic heterocycles. The minimum Gasteiger partial charge on any atom is -0.454 e. The van der Waals surface area contributed by atoms with Crippen molar-refractivity contribution in [3.63, 3.8) is 0 Å². The van der Waals surface area contributed by atoms with Crippen molar-refractivity contribution in [3.8, 4) is 17.6 Å². The maximum Gasteiger partial charge on any atom is 0.240 e. The van der Waals surface area contributed by atoms with Gasteiger partial charge in [-0.25, -0.2) is 4.90 Å². The molecule has 142 valence electrons. The minimum atomic E-state index is -0.710. The highest BCUT2D eigenvalue weighted by molar-refractivity contribution is 6.23. The SMILES string of the molecule is N#CC1C2C(=O)N(c3ccc4c(c3)OCO4)C(=O)C2C2c3ccccc3C=CN12. The van der Waals surface area contributed by atoms with Crippen LogP contribution in [-0.2, 0) is 9.59 Å². The summed E-state index contributed by atoms with van der Waals surface area (Å²) >= 11 is 0. The van der Waals surface area contributed by atoms with Gasteiger partial charge in [-0.1, -0.05) is 24.3 Å². The van der Waals surface area contributed by atoms with E-state index >= 15 is 0 Å². The third-order valence-electron chi connectivity index (χ3n) is 6.21. The lowest BCUT2D eigenvalue weighted by atomic mass is 9.85. The molecule has 2 aromatic rings. The lowest BCUT2D eigenvalue weighted by Gasteiger charge is -2.33. The number of nitrogens with zero attached hydrogens (tertiary/aromatic N) is 3. The van der Waals surface area contributed by atoms with Crippen molar-refractivity contribution in [2.75, 3.05) is 11.7 Å². The van der Waals surface area contributed by atoms with E-state index in [0.717, 1.165) is 11.1 Å². The number of fused-ring (bicyclic) bond motifs is 6. The number of nitriles is 1. The van der Waals surface area contributed by atoms with Gasteiger partial charge in [0.05, 0.1) is 29.6 Å². The normalized spacial score (nSPS) is 28.2. The molecule has 4 heterocycles. The van der Waals surface area contributed by atoms with Crippen LogP contribution in [0.3, 0.4) is 0 Å². The molecular weight excluding hydrogens is 370 g/mol. The topological polar surface area (TPSA) is 82.9 Å². The first kappa shape index (κ1) is 16.2. The highest BCUT2D eigenvalue weighted by Gasteiger charge is 2.63. The van der Waals surface area contributed by atoms with Gasteiger partial charge in [0.2, 0.25) is 18.6 Å².